The van der Waals surface area contributed by atoms with Crippen LogP contribution in [0.25, 0.3) is 0 Å². The zero-order chi connectivity index (χ0) is 14.5. The van der Waals surface area contributed by atoms with Crippen molar-refractivity contribution in [1.29, 1.82) is 0 Å². The zero-order valence-electron chi connectivity index (χ0n) is 12.2. The van der Waals surface area contributed by atoms with Crippen LogP contribution in [0.3, 0.4) is 0 Å². The van der Waals surface area contributed by atoms with E-state index in [0.717, 1.165) is 5.56 Å². The number of carbonyl (C=O) groups excluding carboxylic acids is 1. The molecular formula is C16H20ClN3O. The molecule has 0 radical (unpaired) electrons. The van der Waals surface area contributed by atoms with Crippen LogP contribution in [0.4, 0.5) is 5.69 Å². The van der Waals surface area contributed by atoms with Crippen molar-refractivity contribution in [3.63, 3.8) is 0 Å². The average molecular weight is 306 g/mol. The van der Waals surface area contributed by atoms with Gasteiger partial charge >= 0.3 is 0 Å². The smallest absolute Gasteiger partial charge is 0.226 e. The highest BCUT2D eigenvalue weighted by atomic mass is 35.5. The lowest BCUT2D eigenvalue weighted by atomic mass is 10.1. The highest BCUT2D eigenvalue weighted by molar-refractivity contribution is 5.85. The van der Waals surface area contributed by atoms with E-state index in [-0.39, 0.29) is 30.8 Å². The molecule has 0 spiro atoms. The number of benzene rings is 1. The minimum absolute atomic E-state index is 0. The molecule has 0 bridgehead atoms. The van der Waals surface area contributed by atoms with Gasteiger partial charge < -0.3 is 11.1 Å². The molecule has 3 N–H and O–H groups in total. The Morgan fingerprint density at radius 2 is 1.90 bits per heavy atom. The van der Waals surface area contributed by atoms with E-state index in [0.29, 0.717) is 11.4 Å². The number of carbonyl (C=O) groups is 1. The predicted octanol–water partition coefficient (Wildman–Crippen LogP) is 2.81. The number of aromatic nitrogens is 1. The summed E-state index contributed by atoms with van der Waals surface area (Å²) >= 11 is 0. The summed E-state index contributed by atoms with van der Waals surface area (Å²) < 4.78 is 0. The van der Waals surface area contributed by atoms with Gasteiger partial charge in [0.1, 0.15) is 0 Å². The fourth-order valence-corrected chi connectivity index (χ4v) is 1.94. The highest BCUT2D eigenvalue weighted by Gasteiger charge is 2.10. The minimum atomic E-state index is -0.0460. The van der Waals surface area contributed by atoms with Crippen LogP contribution in [-0.4, -0.2) is 10.9 Å². The Morgan fingerprint density at radius 1 is 1.24 bits per heavy atom. The third kappa shape index (κ3) is 5.08. The predicted molar refractivity (Wildman–Crippen MR) is 87.3 cm³/mol. The summed E-state index contributed by atoms with van der Waals surface area (Å²) in [6.07, 6.45) is 1.82. The van der Waals surface area contributed by atoms with Gasteiger partial charge in [-0.2, -0.15) is 0 Å². The van der Waals surface area contributed by atoms with Crippen LogP contribution in [0.5, 0.6) is 0 Å². The molecule has 0 fully saturated rings. The molecule has 1 atom stereocenters. The topological polar surface area (TPSA) is 68.0 Å². The van der Waals surface area contributed by atoms with E-state index < -0.39 is 0 Å². The first-order valence-corrected chi connectivity index (χ1v) is 6.61. The van der Waals surface area contributed by atoms with Crippen LogP contribution < -0.4 is 11.1 Å². The molecule has 0 aliphatic rings. The molecular weight excluding hydrogens is 286 g/mol. The second-order valence-corrected chi connectivity index (χ2v) is 4.96. The molecule has 1 unspecified atom stereocenters. The lowest BCUT2D eigenvalue weighted by Crippen LogP contribution is -2.28. The molecule has 1 aromatic carbocycles. The minimum Gasteiger partial charge on any atom is -0.397 e. The van der Waals surface area contributed by atoms with Crippen molar-refractivity contribution in [3.8, 4) is 0 Å². The molecule has 0 aliphatic heterocycles. The Morgan fingerprint density at radius 3 is 2.48 bits per heavy atom. The maximum atomic E-state index is 12.0. The number of rotatable bonds is 4. The van der Waals surface area contributed by atoms with E-state index in [1.54, 1.807) is 18.3 Å². The Hall–Kier alpha value is -2.07. The number of nitrogen functional groups attached to an aromatic ring is 1. The van der Waals surface area contributed by atoms with Crippen LogP contribution in [0.1, 0.15) is 29.8 Å². The van der Waals surface area contributed by atoms with E-state index in [9.17, 15) is 4.79 Å². The molecule has 5 heteroatoms. The van der Waals surface area contributed by atoms with E-state index in [1.165, 1.54) is 5.56 Å². The van der Waals surface area contributed by atoms with Crippen molar-refractivity contribution in [2.24, 2.45) is 0 Å². The standard InChI is InChI=1S/C16H19N3O.ClH/c1-11-3-5-13(6-4-11)12(2)19-16(20)9-15-8-7-14(17)10-18-15;/h3-8,10,12H,9,17H2,1-2H3,(H,19,20);1H. The van der Waals surface area contributed by atoms with Gasteiger partial charge in [-0.3, -0.25) is 9.78 Å². The van der Waals surface area contributed by atoms with Crippen LogP contribution in [0.15, 0.2) is 42.6 Å². The number of nitrogens with zero attached hydrogens (tertiary/aromatic N) is 1. The Kier molecular flexibility index (Phi) is 6.18. The summed E-state index contributed by atoms with van der Waals surface area (Å²) in [5.74, 6) is -0.0460. The van der Waals surface area contributed by atoms with Crippen molar-refractivity contribution in [3.05, 3.63) is 59.4 Å². The fraction of sp³-hybridized carbons (Fsp3) is 0.250. The number of hydrogen-bond acceptors (Lipinski definition) is 3. The molecule has 21 heavy (non-hydrogen) atoms. The lowest BCUT2D eigenvalue weighted by Gasteiger charge is -2.14. The molecule has 4 nitrogen and oxygen atoms in total. The summed E-state index contributed by atoms with van der Waals surface area (Å²) in [6.45, 7) is 4.01. The third-order valence-electron chi connectivity index (χ3n) is 3.14. The largest absolute Gasteiger partial charge is 0.397 e. The third-order valence-corrected chi connectivity index (χ3v) is 3.14. The number of hydrogen-bond donors (Lipinski definition) is 2. The molecule has 2 aromatic rings. The summed E-state index contributed by atoms with van der Waals surface area (Å²) in [5, 5.41) is 2.97. The Labute approximate surface area is 131 Å². The lowest BCUT2D eigenvalue weighted by molar-refractivity contribution is -0.121. The molecule has 2 rings (SSSR count). The van der Waals surface area contributed by atoms with Crippen LogP contribution >= 0.6 is 12.4 Å². The van der Waals surface area contributed by atoms with Crippen LogP contribution in [-0.2, 0) is 11.2 Å². The highest BCUT2D eigenvalue weighted by Crippen LogP contribution is 2.13. The second kappa shape index (κ2) is 7.64. The summed E-state index contributed by atoms with van der Waals surface area (Å²) in [7, 11) is 0. The van der Waals surface area contributed by atoms with Crippen molar-refractivity contribution < 1.29 is 4.79 Å². The first kappa shape index (κ1) is 17.0. The molecule has 1 aromatic heterocycles. The second-order valence-electron chi connectivity index (χ2n) is 4.96. The van der Waals surface area contributed by atoms with E-state index in [2.05, 4.69) is 10.3 Å². The van der Waals surface area contributed by atoms with Crippen LogP contribution in [0.2, 0.25) is 0 Å². The van der Waals surface area contributed by atoms with E-state index in [1.807, 2.05) is 38.1 Å². The number of nitrogens with two attached hydrogens (primary N) is 1. The van der Waals surface area contributed by atoms with Gasteiger partial charge in [-0.1, -0.05) is 29.8 Å². The Balaban J connectivity index is 0.00000220. The first-order valence-electron chi connectivity index (χ1n) is 6.61. The molecule has 1 amide bonds. The normalized spacial score (nSPS) is 11.3. The van der Waals surface area contributed by atoms with Gasteiger partial charge in [-0.05, 0) is 31.5 Å². The summed E-state index contributed by atoms with van der Waals surface area (Å²) in [4.78, 5) is 16.1. The van der Waals surface area contributed by atoms with Gasteiger partial charge in [0.25, 0.3) is 0 Å². The molecule has 0 saturated heterocycles. The van der Waals surface area contributed by atoms with Crippen molar-refractivity contribution in [1.82, 2.24) is 10.3 Å². The maximum Gasteiger partial charge on any atom is 0.226 e. The quantitative estimate of drug-likeness (QED) is 0.912. The van der Waals surface area contributed by atoms with Gasteiger partial charge in [0.05, 0.1) is 24.3 Å². The number of pyridine rings is 1. The number of nitrogens with one attached hydrogen (secondary N) is 1. The number of halogens is 1. The first-order chi connectivity index (χ1) is 9.54. The van der Waals surface area contributed by atoms with Gasteiger partial charge in [0.15, 0.2) is 0 Å². The van der Waals surface area contributed by atoms with Gasteiger partial charge in [-0.25, -0.2) is 0 Å². The summed E-state index contributed by atoms with van der Waals surface area (Å²) in [6, 6.07) is 11.6. The molecule has 112 valence electrons. The van der Waals surface area contributed by atoms with Crippen molar-refractivity contribution >= 4 is 24.0 Å². The van der Waals surface area contributed by atoms with Crippen molar-refractivity contribution in [2.75, 3.05) is 5.73 Å². The number of anilines is 1. The average Bonchev–Trinajstić information content (AvgIpc) is 2.42. The zero-order valence-corrected chi connectivity index (χ0v) is 13.0. The molecule has 0 aliphatic carbocycles. The summed E-state index contributed by atoms with van der Waals surface area (Å²) in [5.41, 5.74) is 9.18. The molecule has 0 saturated carbocycles. The van der Waals surface area contributed by atoms with E-state index in [4.69, 9.17) is 5.73 Å². The maximum absolute atomic E-state index is 12.0. The van der Waals surface area contributed by atoms with Crippen LogP contribution in [0, 0.1) is 6.92 Å². The molecule has 1 heterocycles. The number of amides is 1. The van der Waals surface area contributed by atoms with Crippen molar-refractivity contribution in [2.45, 2.75) is 26.3 Å². The number of aryl methyl sites for hydroxylation is 1. The van der Waals surface area contributed by atoms with Gasteiger partial charge in [0, 0.05) is 5.69 Å². The van der Waals surface area contributed by atoms with Gasteiger partial charge in [-0.15, -0.1) is 12.4 Å². The monoisotopic (exact) mass is 305 g/mol. The SMILES string of the molecule is Cc1ccc(C(C)NC(=O)Cc2ccc(N)cn2)cc1.Cl. The van der Waals surface area contributed by atoms with E-state index >= 15 is 0 Å². The van der Waals surface area contributed by atoms with Gasteiger partial charge in [0.2, 0.25) is 5.91 Å². The Bertz CT molecular complexity index is 581. The fourth-order valence-electron chi connectivity index (χ4n) is 1.94.